The van der Waals surface area contributed by atoms with Gasteiger partial charge in [-0.3, -0.25) is 14.9 Å². The Bertz CT molecular complexity index is 824. The van der Waals surface area contributed by atoms with Crippen molar-refractivity contribution in [2.24, 2.45) is 0 Å². The van der Waals surface area contributed by atoms with Gasteiger partial charge in [-0.15, -0.1) is 4.83 Å². The first kappa shape index (κ1) is 18.2. The van der Waals surface area contributed by atoms with Crippen molar-refractivity contribution < 1.29 is 13.2 Å². The lowest BCUT2D eigenvalue weighted by Gasteiger charge is -2.10. The maximum Gasteiger partial charge on any atom is 0.257 e. The van der Waals surface area contributed by atoms with Crippen molar-refractivity contribution in [1.82, 2.24) is 20.0 Å². The first-order valence-electron chi connectivity index (χ1n) is 7.60. The van der Waals surface area contributed by atoms with Gasteiger partial charge in [-0.1, -0.05) is 26.0 Å². The SMILES string of the molecule is Cc1cc(C)n(CC(=O)NNS(=O)(=O)c2ccc(C(C)C)cc2)n1. The molecule has 1 aromatic heterocycles. The minimum absolute atomic E-state index is 0.0610. The Morgan fingerprint density at radius 3 is 2.33 bits per heavy atom. The van der Waals surface area contributed by atoms with E-state index >= 15 is 0 Å². The van der Waals surface area contributed by atoms with Crippen LogP contribution < -0.4 is 10.3 Å². The largest absolute Gasteiger partial charge is 0.276 e. The topological polar surface area (TPSA) is 93.1 Å². The van der Waals surface area contributed by atoms with Crippen molar-refractivity contribution in [3.05, 3.63) is 47.3 Å². The summed E-state index contributed by atoms with van der Waals surface area (Å²) >= 11 is 0. The molecule has 2 N–H and O–H groups in total. The number of benzene rings is 1. The van der Waals surface area contributed by atoms with E-state index in [0.29, 0.717) is 5.92 Å². The van der Waals surface area contributed by atoms with Crippen molar-refractivity contribution in [2.45, 2.75) is 45.1 Å². The molecule has 1 amide bonds. The molecule has 0 fully saturated rings. The van der Waals surface area contributed by atoms with Gasteiger partial charge < -0.3 is 0 Å². The van der Waals surface area contributed by atoms with Crippen LogP contribution in [0.5, 0.6) is 0 Å². The molecule has 8 heteroatoms. The van der Waals surface area contributed by atoms with Gasteiger partial charge >= 0.3 is 0 Å². The molecule has 0 radical (unpaired) electrons. The van der Waals surface area contributed by atoms with Gasteiger partial charge in [0, 0.05) is 5.69 Å². The van der Waals surface area contributed by atoms with Crippen LogP contribution in [0.1, 0.15) is 36.7 Å². The average molecular weight is 350 g/mol. The number of sulfonamides is 1. The van der Waals surface area contributed by atoms with E-state index in [-0.39, 0.29) is 11.4 Å². The number of nitrogens with zero attached hydrogens (tertiary/aromatic N) is 2. The summed E-state index contributed by atoms with van der Waals surface area (Å²) in [5, 5.41) is 4.16. The fourth-order valence-corrected chi connectivity index (χ4v) is 3.09. The van der Waals surface area contributed by atoms with E-state index in [1.165, 1.54) is 16.8 Å². The maximum absolute atomic E-state index is 12.2. The summed E-state index contributed by atoms with van der Waals surface area (Å²) < 4.78 is 25.9. The molecule has 2 rings (SSSR count). The number of nitrogens with one attached hydrogen (secondary N) is 2. The summed E-state index contributed by atoms with van der Waals surface area (Å²) in [4.78, 5) is 14.1. The number of carbonyl (C=O) groups is 1. The van der Waals surface area contributed by atoms with E-state index in [4.69, 9.17) is 0 Å². The summed E-state index contributed by atoms with van der Waals surface area (Å²) in [5.41, 5.74) is 4.88. The Morgan fingerprint density at radius 1 is 1.21 bits per heavy atom. The number of rotatable bonds is 6. The predicted molar refractivity (Wildman–Crippen MR) is 90.7 cm³/mol. The van der Waals surface area contributed by atoms with Gasteiger partial charge in [-0.25, -0.2) is 8.42 Å². The third-order valence-corrected chi connectivity index (χ3v) is 4.84. The molecule has 24 heavy (non-hydrogen) atoms. The van der Waals surface area contributed by atoms with Gasteiger partial charge in [0.1, 0.15) is 6.54 Å². The second kappa shape index (κ2) is 7.14. The van der Waals surface area contributed by atoms with Crippen molar-refractivity contribution in [2.75, 3.05) is 0 Å². The van der Waals surface area contributed by atoms with Gasteiger partial charge in [0.2, 0.25) is 0 Å². The highest BCUT2D eigenvalue weighted by atomic mass is 32.2. The molecule has 2 aromatic rings. The molecule has 0 aliphatic rings. The lowest BCUT2D eigenvalue weighted by molar-refractivity contribution is -0.122. The third-order valence-electron chi connectivity index (χ3n) is 3.58. The van der Waals surface area contributed by atoms with Crippen LogP contribution in [0, 0.1) is 13.8 Å². The summed E-state index contributed by atoms with van der Waals surface area (Å²) in [5.74, 6) is -0.182. The van der Waals surface area contributed by atoms with Crippen molar-refractivity contribution in [1.29, 1.82) is 0 Å². The monoisotopic (exact) mass is 350 g/mol. The Balaban J connectivity index is 1.99. The van der Waals surface area contributed by atoms with E-state index in [0.717, 1.165) is 17.0 Å². The lowest BCUT2D eigenvalue weighted by atomic mass is 10.0. The summed E-state index contributed by atoms with van der Waals surface area (Å²) in [6.07, 6.45) is 0. The number of hydrogen-bond acceptors (Lipinski definition) is 4. The fourth-order valence-electron chi connectivity index (χ4n) is 2.23. The van der Waals surface area contributed by atoms with Crippen molar-refractivity contribution >= 4 is 15.9 Å². The van der Waals surface area contributed by atoms with Crippen LogP contribution in [0.2, 0.25) is 0 Å². The standard InChI is InChI=1S/C16H22N4O3S/c1-11(2)14-5-7-15(8-6-14)24(22,23)19-17-16(21)10-20-13(4)9-12(3)18-20/h5-9,11,19H,10H2,1-4H3,(H,17,21). The first-order chi connectivity index (χ1) is 11.2. The quantitative estimate of drug-likeness (QED) is 0.775. The number of hydrogen-bond donors (Lipinski definition) is 2. The zero-order valence-corrected chi connectivity index (χ0v) is 15.0. The highest BCUT2D eigenvalue weighted by Crippen LogP contribution is 2.16. The molecule has 0 unspecified atom stereocenters. The van der Waals surface area contributed by atoms with E-state index in [1.54, 1.807) is 12.1 Å². The molecule has 0 aliphatic heterocycles. The molecule has 130 valence electrons. The first-order valence-corrected chi connectivity index (χ1v) is 9.09. The fraction of sp³-hybridized carbons (Fsp3) is 0.375. The van der Waals surface area contributed by atoms with Gasteiger partial charge in [-0.05, 0) is 43.5 Å². The highest BCUT2D eigenvalue weighted by Gasteiger charge is 2.16. The highest BCUT2D eigenvalue weighted by molar-refractivity contribution is 7.89. The number of aryl methyl sites for hydroxylation is 2. The molecule has 1 heterocycles. The van der Waals surface area contributed by atoms with E-state index < -0.39 is 15.9 Å². The molecular weight excluding hydrogens is 328 g/mol. The number of amides is 1. The van der Waals surface area contributed by atoms with Crippen LogP contribution >= 0.6 is 0 Å². The number of hydrazine groups is 1. The normalized spacial score (nSPS) is 11.7. The van der Waals surface area contributed by atoms with E-state index in [2.05, 4.69) is 15.4 Å². The molecule has 0 aliphatic carbocycles. The van der Waals surface area contributed by atoms with Gasteiger partial charge in [0.05, 0.1) is 10.6 Å². The Kier molecular flexibility index (Phi) is 5.40. The van der Waals surface area contributed by atoms with Crippen molar-refractivity contribution in [3.63, 3.8) is 0 Å². The van der Waals surface area contributed by atoms with Crippen LogP contribution in [0.3, 0.4) is 0 Å². The number of carbonyl (C=O) groups excluding carboxylic acids is 1. The summed E-state index contributed by atoms with van der Waals surface area (Å²) in [7, 11) is -3.81. The number of aromatic nitrogens is 2. The second-order valence-electron chi connectivity index (χ2n) is 5.96. The smallest absolute Gasteiger partial charge is 0.257 e. The van der Waals surface area contributed by atoms with Crippen LogP contribution in [0.25, 0.3) is 0 Å². The minimum atomic E-state index is -3.81. The molecule has 1 aromatic carbocycles. The van der Waals surface area contributed by atoms with Crippen LogP contribution in [0.4, 0.5) is 0 Å². The van der Waals surface area contributed by atoms with Crippen molar-refractivity contribution in [3.8, 4) is 0 Å². The zero-order chi connectivity index (χ0) is 17.9. The Labute approximate surface area is 142 Å². The van der Waals surface area contributed by atoms with Gasteiger partial charge in [0.25, 0.3) is 15.9 Å². The summed E-state index contributed by atoms with van der Waals surface area (Å²) in [6.45, 7) is 7.65. The zero-order valence-electron chi connectivity index (χ0n) is 14.2. The second-order valence-corrected chi connectivity index (χ2v) is 7.64. The Hall–Kier alpha value is -2.19. The average Bonchev–Trinajstić information content (AvgIpc) is 2.83. The van der Waals surface area contributed by atoms with Gasteiger partial charge in [-0.2, -0.15) is 5.10 Å². The summed E-state index contributed by atoms with van der Waals surface area (Å²) in [6, 6.07) is 8.40. The Morgan fingerprint density at radius 2 is 1.83 bits per heavy atom. The minimum Gasteiger partial charge on any atom is -0.276 e. The lowest BCUT2D eigenvalue weighted by Crippen LogP contribution is -2.43. The maximum atomic E-state index is 12.2. The van der Waals surface area contributed by atoms with E-state index in [1.807, 2.05) is 33.8 Å². The molecule has 7 nitrogen and oxygen atoms in total. The van der Waals surface area contributed by atoms with Crippen LogP contribution in [-0.2, 0) is 21.4 Å². The third kappa shape index (κ3) is 4.42. The molecular formula is C16H22N4O3S. The predicted octanol–water partition coefficient (Wildman–Crippen LogP) is 1.63. The molecule has 0 saturated heterocycles. The van der Waals surface area contributed by atoms with E-state index in [9.17, 15) is 13.2 Å². The molecule has 0 bridgehead atoms. The van der Waals surface area contributed by atoms with Crippen LogP contribution in [0.15, 0.2) is 35.2 Å². The molecule has 0 saturated carbocycles. The van der Waals surface area contributed by atoms with Gasteiger partial charge in [0.15, 0.2) is 0 Å². The van der Waals surface area contributed by atoms with Crippen LogP contribution in [-0.4, -0.2) is 24.1 Å². The molecule has 0 spiro atoms. The molecule has 0 atom stereocenters.